The number of rotatable bonds is 4. The third-order valence-corrected chi connectivity index (χ3v) is 4.94. The number of carbonyl (C=O) groups is 2. The Kier molecular flexibility index (Phi) is 4.84. The summed E-state index contributed by atoms with van der Waals surface area (Å²) in [5.41, 5.74) is 1.52. The zero-order chi connectivity index (χ0) is 16.2. The summed E-state index contributed by atoms with van der Waals surface area (Å²) in [6, 6.07) is 5.35. The molecule has 0 spiro atoms. The Hall–Kier alpha value is -2.04. The lowest BCUT2D eigenvalue weighted by molar-refractivity contribution is -0.119. The molecule has 2 N–H and O–H groups in total. The maximum atomic E-state index is 12.3. The van der Waals surface area contributed by atoms with Crippen LogP contribution in [0.2, 0.25) is 0 Å². The fourth-order valence-electron chi connectivity index (χ4n) is 3.59. The molecule has 0 aromatic heterocycles. The fraction of sp³-hybridized carbons (Fsp3) is 0.556. The van der Waals surface area contributed by atoms with Gasteiger partial charge in [0.2, 0.25) is 5.91 Å². The number of benzene rings is 1. The Balaban J connectivity index is 1.79. The van der Waals surface area contributed by atoms with Crippen LogP contribution in [0.4, 0.5) is 11.4 Å². The maximum Gasteiger partial charge on any atom is 0.337 e. The van der Waals surface area contributed by atoms with Crippen LogP contribution in [0.1, 0.15) is 55.3 Å². The molecule has 1 saturated heterocycles. The standard InChI is InChI=1S/C18H24N2O3/c21-17(13-6-2-3-7-13)19-16-9-8-14(12-15(16)18(22)23)20-10-4-1-5-11-20/h8-9,12-13H,1-7,10-11H2,(H,19,21)(H,22,23). The van der Waals surface area contributed by atoms with Gasteiger partial charge in [-0.25, -0.2) is 4.79 Å². The molecule has 1 heterocycles. The Morgan fingerprint density at radius 1 is 1.04 bits per heavy atom. The van der Waals surface area contributed by atoms with Crippen molar-refractivity contribution in [3.8, 4) is 0 Å². The summed E-state index contributed by atoms with van der Waals surface area (Å²) < 4.78 is 0. The number of hydrogen-bond acceptors (Lipinski definition) is 3. The van der Waals surface area contributed by atoms with Crippen LogP contribution in [0.3, 0.4) is 0 Å². The fourth-order valence-corrected chi connectivity index (χ4v) is 3.59. The van der Waals surface area contributed by atoms with Crippen LogP contribution in [-0.4, -0.2) is 30.1 Å². The van der Waals surface area contributed by atoms with Gasteiger partial charge >= 0.3 is 5.97 Å². The van der Waals surface area contributed by atoms with E-state index in [2.05, 4.69) is 10.2 Å². The molecule has 0 bridgehead atoms. The second-order valence-electron chi connectivity index (χ2n) is 6.55. The van der Waals surface area contributed by atoms with Crippen molar-refractivity contribution in [3.05, 3.63) is 23.8 Å². The predicted octanol–water partition coefficient (Wildman–Crippen LogP) is 3.50. The first-order chi connectivity index (χ1) is 11.1. The van der Waals surface area contributed by atoms with Crippen molar-refractivity contribution in [2.24, 2.45) is 5.92 Å². The third-order valence-electron chi connectivity index (χ3n) is 4.94. The van der Waals surface area contributed by atoms with Crippen LogP contribution in [0, 0.1) is 5.92 Å². The third kappa shape index (κ3) is 3.66. The number of nitrogens with one attached hydrogen (secondary N) is 1. The lowest BCUT2D eigenvalue weighted by atomic mass is 10.1. The van der Waals surface area contributed by atoms with Gasteiger partial charge in [0.25, 0.3) is 0 Å². The van der Waals surface area contributed by atoms with Gasteiger partial charge in [-0.05, 0) is 50.3 Å². The average Bonchev–Trinajstić information content (AvgIpc) is 3.10. The van der Waals surface area contributed by atoms with E-state index in [4.69, 9.17) is 0 Å². The summed E-state index contributed by atoms with van der Waals surface area (Å²) in [4.78, 5) is 26.1. The van der Waals surface area contributed by atoms with E-state index >= 15 is 0 Å². The molecular weight excluding hydrogens is 292 g/mol. The molecule has 5 nitrogen and oxygen atoms in total. The van der Waals surface area contributed by atoms with Gasteiger partial charge in [-0.2, -0.15) is 0 Å². The molecule has 0 radical (unpaired) electrons. The Morgan fingerprint density at radius 3 is 2.39 bits per heavy atom. The molecule has 1 aliphatic carbocycles. The molecule has 124 valence electrons. The van der Waals surface area contributed by atoms with Crippen molar-refractivity contribution in [1.29, 1.82) is 0 Å². The minimum absolute atomic E-state index is 0.0263. The zero-order valence-electron chi connectivity index (χ0n) is 13.4. The van der Waals surface area contributed by atoms with E-state index in [1.165, 1.54) is 6.42 Å². The largest absolute Gasteiger partial charge is 0.478 e. The van der Waals surface area contributed by atoms with Crippen LogP contribution < -0.4 is 10.2 Å². The number of piperidine rings is 1. The van der Waals surface area contributed by atoms with Gasteiger partial charge in [-0.3, -0.25) is 4.79 Å². The summed E-state index contributed by atoms with van der Waals surface area (Å²) in [6.45, 7) is 1.93. The summed E-state index contributed by atoms with van der Waals surface area (Å²) in [7, 11) is 0. The highest BCUT2D eigenvalue weighted by Crippen LogP contribution is 2.29. The molecule has 1 aromatic rings. The molecule has 3 rings (SSSR count). The summed E-state index contributed by atoms with van der Waals surface area (Å²) in [6.07, 6.45) is 7.48. The van der Waals surface area contributed by atoms with Gasteiger partial charge < -0.3 is 15.3 Å². The van der Waals surface area contributed by atoms with Gasteiger partial charge in [0.05, 0.1) is 11.3 Å². The average molecular weight is 316 g/mol. The highest BCUT2D eigenvalue weighted by molar-refractivity contribution is 6.02. The van der Waals surface area contributed by atoms with Crippen molar-refractivity contribution in [1.82, 2.24) is 0 Å². The summed E-state index contributed by atoms with van der Waals surface area (Å²) >= 11 is 0. The minimum atomic E-state index is -0.995. The number of carbonyl (C=O) groups excluding carboxylic acids is 1. The van der Waals surface area contributed by atoms with Gasteiger partial charge in [-0.15, -0.1) is 0 Å². The van der Waals surface area contributed by atoms with Crippen molar-refractivity contribution < 1.29 is 14.7 Å². The number of carboxylic acids is 1. The first-order valence-electron chi connectivity index (χ1n) is 8.58. The van der Waals surface area contributed by atoms with E-state index in [1.54, 1.807) is 12.1 Å². The minimum Gasteiger partial charge on any atom is -0.478 e. The van der Waals surface area contributed by atoms with Gasteiger partial charge in [0.15, 0.2) is 0 Å². The number of amides is 1. The van der Waals surface area contributed by atoms with E-state index in [-0.39, 0.29) is 17.4 Å². The number of hydrogen-bond donors (Lipinski definition) is 2. The molecule has 23 heavy (non-hydrogen) atoms. The first-order valence-corrected chi connectivity index (χ1v) is 8.58. The highest BCUT2D eigenvalue weighted by atomic mass is 16.4. The van der Waals surface area contributed by atoms with Crippen molar-refractivity contribution in [2.75, 3.05) is 23.3 Å². The SMILES string of the molecule is O=C(O)c1cc(N2CCCCC2)ccc1NC(=O)C1CCCC1. The Morgan fingerprint density at radius 2 is 1.74 bits per heavy atom. The summed E-state index contributed by atoms with van der Waals surface area (Å²) in [5, 5.41) is 12.3. The first kappa shape index (κ1) is 15.8. The Labute approximate surface area is 136 Å². The van der Waals surface area contributed by atoms with Crippen molar-refractivity contribution >= 4 is 23.3 Å². The van der Waals surface area contributed by atoms with E-state index < -0.39 is 5.97 Å². The second kappa shape index (κ2) is 7.02. The van der Waals surface area contributed by atoms with Crippen LogP contribution in [-0.2, 0) is 4.79 Å². The van der Waals surface area contributed by atoms with E-state index in [0.717, 1.165) is 57.3 Å². The van der Waals surface area contributed by atoms with Gasteiger partial charge in [-0.1, -0.05) is 12.8 Å². The molecule has 2 aliphatic rings. The van der Waals surface area contributed by atoms with Crippen LogP contribution >= 0.6 is 0 Å². The number of aromatic carboxylic acids is 1. The number of carboxylic acid groups (broad SMARTS) is 1. The molecule has 2 fully saturated rings. The zero-order valence-corrected chi connectivity index (χ0v) is 13.4. The summed E-state index contributed by atoms with van der Waals surface area (Å²) in [5.74, 6) is -1.01. The molecule has 5 heteroatoms. The molecule has 1 aromatic carbocycles. The molecule has 0 atom stereocenters. The second-order valence-corrected chi connectivity index (χ2v) is 6.55. The van der Waals surface area contributed by atoms with Crippen molar-refractivity contribution in [3.63, 3.8) is 0 Å². The predicted molar refractivity (Wildman–Crippen MR) is 90.1 cm³/mol. The number of anilines is 2. The molecule has 0 unspecified atom stereocenters. The number of nitrogens with zero attached hydrogens (tertiary/aromatic N) is 1. The molecule has 1 saturated carbocycles. The Bertz CT molecular complexity index is 588. The van der Waals surface area contributed by atoms with E-state index in [9.17, 15) is 14.7 Å². The van der Waals surface area contributed by atoms with Crippen LogP contribution in [0.25, 0.3) is 0 Å². The molecule has 1 aliphatic heterocycles. The van der Waals surface area contributed by atoms with Crippen LogP contribution in [0.5, 0.6) is 0 Å². The quantitative estimate of drug-likeness (QED) is 0.892. The lowest BCUT2D eigenvalue weighted by Crippen LogP contribution is -2.29. The molecular formula is C18H24N2O3. The smallest absolute Gasteiger partial charge is 0.337 e. The monoisotopic (exact) mass is 316 g/mol. The molecule has 1 amide bonds. The van der Waals surface area contributed by atoms with Gasteiger partial charge in [0, 0.05) is 24.7 Å². The van der Waals surface area contributed by atoms with Crippen LogP contribution in [0.15, 0.2) is 18.2 Å². The van der Waals surface area contributed by atoms with Gasteiger partial charge in [0.1, 0.15) is 0 Å². The van der Waals surface area contributed by atoms with E-state index in [0.29, 0.717) is 5.69 Å². The van der Waals surface area contributed by atoms with E-state index in [1.807, 2.05) is 6.07 Å². The highest BCUT2D eigenvalue weighted by Gasteiger charge is 2.24. The topological polar surface area (TPSA) is 69.6 Å². The normalized spacial score (nSPS) is 18.9. The van der Waals surface area contributed by atoms with Crippen molar-refractivity contribution in [2.45, 2.75) is 44.9 Å². The lowest BCUT2D eigenvalue weighted by Gasteiger charge is -2.29. The maximum absolute atomic E-state index is 12.3.